The first-order chi connectivity index (χ1) is 18.6. The van der Waals surface area contributed by atoms with Crippen LogP contribution < -0.4 is 19.9 Å². The Morgan fingerprint density at radius 1 is 0.974 bits per heavy atom. The van der Waals surface area contributed by atoms with Crippen molar-refractivity contribution in [1.29, 1.82) is 0 Å². The second-order valence-corrected chi connectivity index (χ2v) is 11.1. The molecule has 0 amide bonds. The largest absolute Gasteiger partial charge is 0.493 e. The van der Waals surface area contributed by atoms with E-state index in [9.17, 15) is 4.79 Å². The molecule has 1 N–H and O–H groups in total. The van der Waals surface area contributed by atoms with E-state index in [2.05, 4.69) is 83.1 Å². The van der Waals surface area contributed by atoms with Gasteiger partial charge in [-0.05, 0) is 74.4 Å². The van der Waals surface area contributed by atoms with Crippen molar-refractivity contribution >= 4 is 16.6 Å². The fourth-order valence-corrected chi connectivity index (χ4v) is 5.39. The van der Waals surface area contributed by atoms with Crippen molar-refractivity contribution in [2.45, 2.75) is 46.2 Å². The molecule has 0 saturated carbocycles. The van der Waals surface area contributed by atoms with Crippen molar-refractivity contribution < 1.29 is 9.47 Å². The monoisotopic (exact) mass is 531 g/mol. The predicted octanol–water partition coefficient (Wildman–Crippen LogP) is 3.82. The molecule has 0 bridgehead atoms. The number of piperazine rings is 1. The molecule has 4 aromatic rings. The van der Waals surface area contributed by atoms with Crippen LogP contribution in [0.2, 0.25) is 0 Å². The summed E-state index contributed by atoms with van der Waals surface area (Å²) in [6.45, 7) is 13.7. The highest BCUT2D eigenvalue weighted by atomic mass is 16.5. The van der Waals surface area contributed by atoms with Gasteiger partial charge in [0.2, 0.25) is 0 Å². The summed E-state index contributed by atoms with van der Waals surface area (Å²) in [4.78, 5) is 21.5. The normalized spacial score (nSPS) is 15.5. The number of fused-ring (bicyclic) bond motifs is 1. The van der Waals surface area contributed by atoms with Crippen LogP contribution in [0, 0.1) is 13.8 Å². The molecule has 5 rings (SSSR count). The molecular weight excluding hydrogens is 494 g/mol. The number of anilines is 1. The minimum Gasteiger partial charge on any atom is -0.493 e. The molecule has 10 nitrogen and oxygen atoms in total. The number of pyridine rings is 1. The van der Waals surface area contributed by atoms with E-state index in [1.54, 1.807) is 20.3 Å². The van der Waals surface area contributed by atoms with Gasteiger partial charge in [0.05, 0.1) is 25.3 Å². The molecule has 1 aliphatic heterocycles. The van der Waals surface area contributed by atoms with E-state index in [0.717, 1.165) is 31.6 Å². The maximum Gasteiger partial charge on any atom is 0.253 e. The Bertz CT molecular complexity index is 1550. The lowest BCUT2D eigenvalue weighted by atomic mass is 10.0. The summed E-state index contributed by atoms with van der Waals surface area (Å²) >= 11 is 0. The second kappa shape index (κ2) is 10.3. The van der Waals surface area contributed by atoms with Crippen LogP contribution in [0.15, 0.2) is 41.2 Å². The summed E-state index contributed by atoms with van der Waals surface area (Å²) in [7, 11) is 3.18. The van der Waals surface area contributed by atoms with Gasteiger partial charge in [0.15, 0.2) is 17.3 Å². The lowest BCUT2D eigenvalue weighted by Crippen LogP contribution is -2.49. The third-order valence-electron chi connectivity index (χ3n) is 7.64. The van der Waals surface area contributed by atoms with Crippen LogP contribution in [0.25, 0.3) is 10.9 Å². The zero-order valence-corrected chi connectivity index (χ0v) is 23.8. The van der Waals surface area contributed by atoms with Crippen molar-refractivity contribution in [1.82, 2.24) is 30.1 Å². The highest BCUT2D eigenvalue weighted by molar-refractivity contribution is 5.83. The number of H-pyrrole nitrogens is 1. The summed E-state index contributed by atoms with van der Waals surface area (Å²) in [5, 5.41) is 13.7. The van der Waals surface area contributed by atoms with Gasteiger partial charge in [-0.15, -0.1) is 5.10 Å². The van der Waals surface area contributed by atoms with Gasteiger partial charge in [0, 0.05) is 48.9 Å². The van der Waals surface area contributed by atoms with Crippen LogP contribution in [0.4, 0.5) is 5.69 Å². The molecule has 1 unspecified atom stereocenters. The number of aromatic amines is 1. The average Bonchev–Trinajstić information content (AvgIpc) is 3.41. The summed E-state index contributed by atoms with van der Waals surface area (Å²) < 4.78 is 12.8. The third-order valence-corrected chi connectivity index (χ3v) is 7.64. The Morgan fingerprint density at radius 3 is 2.33 bits per heavy atom. The summed E-state index contributed by atoms with van der Waals surface area (Å²) in [5.41, 5.74) is 4.57. The highest BCUT2D eigenvalue weighted by Crippen LogP contribution is 2.35. The number of tetrazole rings is 1. The number of methoxy groups -OCH3 is 2. The molecule has 1 fully saturated rings. The molecule has 2 aromatic heterocycles. The number of benzene rings is 2. The number of nitrogens with zero attached hydrogens (tertiary/aromatic N) is 6. The number of hydrogen-bond donors (Lipinski definition) is 1. The summed E-state index contributed by atoms with van der Waals surface area (Å²) in [5.74, 6) is 1.80. The molecule has 1 atom stereocenters. The quantitative estimate of drug-likeness (QED) is 0.401. The molecule has 10 heteroatoms. The van der Waals surface area contributed by atoms with E-state index in [0.29, 0.717) is 28.4 Å². The number of hydrogen-bond acceptors (Lipinski definition) is 8. The topological polar surface area (TPSA) is 101 Å². The van der Waals surface area contributed by atoms with E-state index in [-0.39, 0.29) is 11.1 Å². The van der Waals surface area contributed by atoms with Gasteiger partial charge < -0.3 is 19.4 Å². The maximum absolute atomic E-state index is 13.7. The lowest BCUT2D eigenvalue weighted by molar-refractivity contribution is 0.190. The molecular formula is C29H37N7O3. The Hall–Kier alpha value is -3.92. The predicted molar refractivity (Wildman–Crippen MR) is 152 cm³/mol. The average molecular weight is 532 g/mol. The lowest BCUT2D eigenvalue weighted by Gasteiger charge is -2.40. The minimum atomic E-state index is -0.429. The second-order valence-electron chi connectivity index (χ2n) is 11.1. The van der Waals surface area contributed by atoms with Gasteiger partial charge in [-0.25, -0.2) is 4.68 Å². The highest BCUT2D eigenvalue weighted by Gasteiger charge is 2.35. The van der Waals surface area contributed by atoms with Gasteiger partial charge in [0.25, 0.3) is 5.56 Å². The number of rotatable bonds is 6. The Labute approximate surface area is 228 Å². The van der Waals surface area contributed by atoms with E-state index < -0.39 is 6.04 Å². The zero-order valence-electron chi connectivity index (χ0n) is 23.8. The van der Waals surface area contributed by atoms with Crippen molar-refractivity contribution in [2.24, 2.45) is 0 Å². The van der Waals surface area contributed by atoms with Crippen LogP contribution in [0.3, 0.4) is 0 Å². The summed E-state index contributed by atoms with van der Waals surface area (Å²) in [6.07, 6.45) is 0. The van der Waals surface area contributed by atoms with Crippen molar-refractivity contribution in [3.8, 4) is 11.5 Å². The van der Waals surface area contributed by atoms with Gasteiger partial charge >= 0.3 is 0 Å². The first-order valence-electron chi connectivity index (χ1n) is 13.2. The molecule has 3 heterocycles. The molecule has 0 aliphatic carbocycles. The first-order valence-corrected chi connectivity index (χ1v) is 13.2. The Balaban J connectivity index is 1.58. The fourth-order valence-electron chi connectivity index (χ4n) is 5.39. The standard InChI is InChI=1S/C29H37N7O3/c1-18-9-8-10-23(19(18)2)34-11-13-35(14-12-34)26(27-31-32-33-36(27)29(3,4)5)21-15-20-16-24(38-6)25(39-7)17-22(20)30-28(21)37/h8-10,15-17,26H,11-14H2,1-7H3,(H,30,37). The maximum atomic E-state index is 13.7. The third kappa shape index (κ3) is 4.96. The fraction of sp³-hybridized carbons (Fsp3) is 0.448. The molecule has 1 aliphatic rings. The van der Waals surface area contributed by atoms with Crippen molar-refractivity contribution in [3.63, 3.8) is 0 Å². The molecule has 1 saturated heterocycles. The van der Waals surface area contributed by atoms with Gasteiger partial charge in [0.1, 0.15) is 6.04 Å². The van der Waals surface area contributed by atoms with E-state index in [1.165, 1.54) is 16.8 Å². The van der Waals surface area contributed by atoms with Gasteiger partial charge in [-0.3, -0.25) is 9.69 Å². The SMILES string of the molecule is COc1cc2cc(C(c3nnnn3C(C)(C)C)N3CCN(c4cccc(C)c4C)CC3)c(=O)[nH]c2cc1OC. The van der Waals surface area contributed by atoms with Crippen LogP contribution in [0.5, 0.6) is 11.5 Å². The molecule has 39 heavy (non-hydrogen) atoms. The number of aryl methyl sites for hydroxylation is 1. The minimum absolute atomic E-state index is 0.180. The van der Waals surface area contributed by atoms with Crippen molar-refractivity contribution in [3.05, 3.63) is 69.3 Å². The molecule has 206 valence electrons. The first kappa shape index (κ1) is 26.7. The molecule has 0 radical (unpaired) electrons. The number of ether oxygens (including phenoxy) is 2. The zero-order chi connectivity index (χ0) is 27.9. The van der Waals surface area contributed by atoms with Crippen LogP contribution >= 0.6 is 0 Å². The molecule has 0 spiro atoms. The van der Waals surface area contributed by atoms with Gasteiger partial charge in [-0.1, -0.05) is 12.1 Å². The summed E-state index contributed by atoms with van der Waals surface area (Å²) in [6, 6.07) is 11.6. The van der Waals surface area contributed by atoms with E-state index in [4.69, 9.17) is 9.47 Å². The Morgan fingerprint density at radius 2 is 1.67 bits per heavy atom. The van der Waals surface area contributed by atoms with E-state index in [1.807, 2.05) is 16.8 Å². The Kier molecular flexibility index (Phi) is 7.07. The van der Waals surface area contributed by atoms with E-state index >= 15 is 0 Å². The number of aromatic nitrogens is 5. The van der Waals surface area contributed by atoms with Crippen LogP contribution in [-0.2, 0) is 5.54 Å². The van der Waals surface area contributed by atoms with Gasteiger partial charge in [-0.2, -0.15) is 0 Å². The molecule has 2 aromatic carbocycles. The smallest absolute Gasteiger partial charge is 0.253 e. The van der Waals surface area contributed by atoms with Crippen LogP contribution in [0.1, 0.15) is 49.3 Å². The number of nitrogens with one attached hydrogen (secondary N) is 1. The van der Waals surface area contributed by atoms with Crippen molar-refractivity contribution in [2.75, 3.05) is 45.3 Å². The van der Waals surface area contributed by atoms with Crippen LogP contribution in [-0.4, -0.2) is 70.5 Å².